The molecule has 170 valence electrons. The van der Waals surface area contributed by atoms with Gasteiger partial charge < -0.3 is 9.64 Å². The molecule has 6 rings (SSSR count). The normalized spacial score (nSPS) is 16.8. The number of hydrogen-bond acceptors (Lipinski definition) is 6. The second-order valence-electron chi connectivity index (χ2n) is 8.88. The molecular weight excluding hydrogens is 440 g/mol. The molecule has 0 fully saturated rings. The molecule has 0 saturated heterocycles. The van der Waals surface area contributed by atoms with Crippen molar-refractivity contribution in [3.8, 4) is 17.1 Å². The van der Waals surface area contributed by atoms with E-state index in [1.54, 1.807) is 0 Å². The van der Waals surface area contributed by atoms with Gasteiger partial charge in [-0.2, -0.15) is 4.98 Å². The fraction of sp³-hybridized carbons (Fsp3) is 0.214. The molecule has 4 aromatic rings. The van der Waals surface area contributed by atoms with Crippen molar-refractivity contribution < 1.29 is 4.74 Å². The van der Waals surface area contributed by atoms with Crippen molar-refractivity contribution in [2.45, 2.75) is 31.3 Å². The fourth-order valence-corrected chi connectivity index (χ4v) is 5.55. The third kappa shape index (κ3) is 3.99. The molecule has 6 heteroatoms. The van der Waals surface area contributed by atoms with Gasteiger partial charge in [-0.15, -0.1) is 0 Å². The van der Waals surface area contributed by atoms with E-state index >= 15 is 0 Å². The molecule has 1 unspecified atom stereocenters. The van der Waals surface area contributed by atoms with E-state index < -0.39 is 0 Å². The zero-order valence-corrected chi connectivity index (χ0v) is 20.1. The van der Waals surface area contributed by atoms with Crippen molar-refractivity contribution in [1.29, 1.82) is 0 Å². The third-order valence-electron chi connectivity index (χ3n) is 6.59. The lowest BCUT2D eigenvalue weighted by Gasteiger charge is -2.28. The molecule has 0 amide bonds. The van der Waals surface area contributed by atoms with Gasteiger partial charge in [0.2, 0.25) is 11.8 Å². The van der Waals surface area contributed by atoms with Gasteiger partial charge in [-0.25, -0.2) is 4.98 Å². The van der Waals surface area contributed by atoms with E-state index in [4.69, 9.17) is 14.7 Å². The van der Waals surface area contributed by atoms with Crippen LogP contribution < -0.4 is 14.4 Å². The van der Waals surface area contributed by atoms with Crippen molar-refractivity contribution in [2.24, 2.45) is 0 Å². The summed E-state index contributed by atoms with van der Waals surface area (Å²) in [6.45, 7) is 5.95. The molecule has 6 bridgehead atoms. The summed E-state index contributed by atoms with van der Waals surface area (Å²) in [6.07, 6.45) is 0.844. The maximum Gasteiger partial charge on any atom is 0.237 e. The molecule has 2 aliphatic rings. The number of nitrogens with zero attached hydrogens (tertiary/aromatic N) is 3. The highest BCUT2D eigenvalue weighted by Gasteiger charge is 2.26. The largest absolute Gasteiger partial charge is 0.467 e. The van der Waals surface area contributed by atoms with Gasteiger partial charge in [0, 0.05) is 28.8 Å². The first kappa shape index (κ1) is 21.1. The molecule has 1 N–H and O–H groups in total. The lowest BCUT2D eigenvalue weighted by molar-refractivity contribution is 0.204. The molecule has 0 radical (unpaired) electrons. The highest BCUT2D eigenvalue weighted by Crippen LogP contribution is 2.35. The zero-order valence-electron chi connectivity index (χ0n) is 19.3. The molecule has 0 saturated carbocycles. The molecule has 5 nitrogen and oxygen atoms in total. The summed E-state index contributed by atoms with van der Waals surface area (Å²) >= 11 is 1.53. The second-order valence-corrected chi connectivity index (χ2v) is 9.76. The Balaban J connectivity index is 1.51. The van der Waals surface area contributed by atoms with Gasteiger partial charge in [0.1, 0.15) is 6.10 Å². The number of fused-ring (bicyclic) bond motifs is 9. The standard InChI is InChI=1S/C28H26N4OS/c1-18-7-5-8-19(2)27(18)24-16-26-30-28(29-24)31-34-22-11-6-10-21(15-22)32-14-13-20-9-3-4-12-23(20)25(17-32)33-26/h3-12,15-16,25H,13-14,17H2,1-2H3,(H,29,30,31). The van der Waals surface area contributed by atoms with Gasteiger partial charge in [-0.1, -0.05) is 48.5 Å². The minimum atomic E-state index is -0.136. The third-order valence-corrected chi connectivity index (χ3v) is 7.36. The van der Waals surface area contributed by atoms with Crippen LogP contribution in [0.1, 0.15) is 28.4 Å². The molecule has 3 aromatic carbocycles. The number of nitrogens with one attached hydrogen (secondary N) is 1. The van der Waals surface area contributed by atoms with Crippen molar-refractivity contribution in [3.05, 3.63) is 95.1 Å². The Morgan fingerprint density at radius 1 is 0.941 bits per heavy atom. The summed E-state index contributed by atoms with van der Waals surface area (Å²) in [5.74, 6) is 1.13. The maximum atomic E-state index is 6.68. The van der Waals surface area contributed by atoms with Crippen LogP contribution in [0.3, 0.4) is 0 Å². The molecule has 3 heterocycles. The summed E-state index contributed by atoms with van der Waals surface area (Å²) in [4.78, 5) is 13.2. The van der Waals surface area contributed by atoms with Crippen LogP contribution in [0, 0.1) is 13.8 Å². The van der Waals surface area contributed by atoms with Crippen LogP contribution in [0.4, 0.5) is 11.6 Å². The molecule has 2 aliphatic heterocycles. The number of hydrogen-bond donors (Lipinski definition) is 1. The predicted molar refractivity (Wildman–Crippen MR) is 139 cm³/mol. The van der Waals surface area contributed by atoms with Crippen molar-refractivity contribution >= 4 is 23.6 Å². The maximum absolute atomic E-state index is 6.68. The highest BCUT2D eigenvalue weighted by molar-refractivity contribution is 8.00. The van der Waals surface area contributed by atoms with E-state index in [2.05, 4.69) is 90.2 Å². The Hall–Kier alpha value is -3.51. The monoisotopic (exact) mass is 466 g/mol. The SMILES string of the molecule is Cc1cccc(C)c1-c1cc2nc(n1)NSc1cccc(c1)N1CCc3ccccc3C(C1)O2. The highest BCUT2D eigenvalue weighted by atomic mass is 32.2. The van der Waals surface area contributed by atoms with Crippen LogP contribution in [-0.4, -0.2) is 23.1 Å². The summed E-state index contributed by atoms with van der Waals surface area (Å²) in [6, 6.07) is 25.5. The van der Waals surface area contributed by atoms with Gasteiger partial charge >= 0.3 is 0 Å². The lowest BCUT2D eigenvalue weighted by Crippen LogP contribution is -2.30. The lowest BCUT2D eigenvalue weighted by atomic mass is 10.00. The van der Waals surface area contributed by atoms with E-state index in [0.717, 1.165) is 35.7 Å². The van der Waals surface area contributed by atoms with Gasteiger partial charge in [-0.05, 0) is 72.7 Å². The van der Waals surface area contributed by atoms with Crippen molar-refractivity contribution in [1.82, 2.24) is 9.97 Å². The first-order chi connectivity index (χ1) is 16.6. The number of anilines is 2. The van der Waals surface area contributed by atoms with Gasteiger partial charge in [-0.3, -0.25) is 4.72 Å². The summed E-state index contributed by atoms with van der Waals surface area (Å²) in [5.41, 5.74) is 8.13. The molecule has 1 aromatic heterocycles. The van der Waals surface area contributed by atoms with E-state index in [0.29, 0.717) is 11.8 Å². The van der Waals surface area contributed by atoms with Crippen LogP contribution in [-0.2, 0) is 6.42 Å². The molecule has 0 spiro atoms. The molecular formula is C28H26N4OS. The molecule has 34 heavy (non-hydrogen) atoms. The zero-order chi connectivity index (χ0) is 23.1. The van der Waals surface area contributed by atoms with Crippen LogP contribution in [0.25, 0.3) is 11.3 Å². The molecule has 1 atom stereocenters. The average Bonchev–Trinajstić information content (AvgIpc) is 3.02. The van der Waals surface area contributed by atoms with Gasteiger partial charge in [0.25, 0.3) is 0 Å². The predicted octanol–water partition coefficient (Wildman–Crippen LogP) is 6.38. The first-order valence-corrected chi connectivity index (χ1v) is 12.4. The average molecular weight is 467 g/mol. The van der Waals surface area contributed by atoms with Gasteiger partial charge in [0.15, 0.2) is 0 Å². The Labute approximate surface area is 204 Å². The number of benzene rings is 3. The first-order valence-electron chi connectivity index (χ1n) is 11.6. The van der Waals surface area contributed by atoms with E-state index in [1.165, 1.54) is 39.9 Å². The number of ether oxygens (including phenoxy) is 1. The van der Waals surface area contributed by atoms with Crippen LogP contribution in [0.5, 0.6) is 5.88 Å². The van der Waals surface area contributed by atoms with Crippen LogP contribution >= 0.6 is 11.9 Å². The van der Waals surface area contributed by atoms with Crippen LogP contribution in [0.15, 0.2) is 77.7 Å². The Morgan fingerprint density at radius 3 is 2.65 bits per heavy atom. The van der Waals surface area contributed by atoms with Crippen LogP contribution in [0.2, 0.25) is 0 Å². The second kappa shape index (κ2) is 8.69. The van der Waals surface area contributed by atoms with E-state index in [9.17, 15) is 0 Å². The Bertz CT molecular complexity index is 1350. The number of rotatable bonds is 1. The smallest absolute Gasteiger partial charge is 0.237 e. The fourth-order valence-electron chi connectivity index (χ4n) is 4.93. The van der Waals surface area contributed by atoms with Crippen molar-refractivity contribution in [3.63, 3.8) is 0 Å². The summed E-state index contributed by atoms with van der Waals surface area (Å²) < 4.78 is 10.0. The quantitative estimate of drug-likeness (QED) is 0.329. The number of aryl methyl sites for hydroxylation is 2. The summed E-state index contributed by atoms with van der Waals surface area (Å²) in [7, 11) is 0. The van der Waals surface area contributed by atoms with E-state index in [-0.39, 0.29) is 6.10 Å². The Kier molecular flexibility index (Phi) is 5.38. The number of aromatic nitrogens is 2. The Morgan fingerprint density at radius 2 is 1.76 bits per heavy atom. The summed E-state index contributed by atoms with van der Waals surface area (Å²) in [5, 5.41) is 0. The van der Waals surface area contributed by atoms with E-state index in [1.807, 2.05) is 6.07 Å². The molecule has 0 aliphatic carbocycles. The topological polar surface area (TPSA) is 50.3 Å². The minimum absolute atomic E-state index is 0.136. The minimum Gasteiger partial charge on any atom is -0.467 e. The van der Waals surface area contributed by atoms with Crippen molar-refractivity contribution in [2.75, 3.05) is 22.7 Å². The van der Waals surface area contributed by atoms with Gasteiger partial charge in [0.05, 0.1) is 12.2 Å².